The van der Waals surface area contributed by atoms with Gasteiger partial charge < -0.3 is 15.4 Å². The maximum absolute atomic E-state index is 13.5. The van der Waals surface area contributed by atoms with Gasteiger partial charge in [-0.1, -0.05) is 36.4 Å². The number of alkyl halides is 2. The van der Waals surface area contributed by atoms with Crippen molar-refractivity contribution in [1.29, 1.82) is 0 Å². The number of carbonyl (C=O) groups is 1. The van der Waals surface area contributed by atoms with Gasteiger partial charge in [-0.05, 0) is 41.0 Å². The smallest absolute Gasteiger partial charge is 0.267 e. The molecule has 1 amide bonds. The maximum atomic E-state index is 13.5. The van der Waals surface area contributed by atoms with Crippen molar-refractivity contribution in [1.82, 2.24) is 14.7 Å². The Labute approximate surface area is 195 Å². The summed E-state index contributed by atoms with van der Waals surface area (Å²) in [6.45, 7) is 0.837. The zero-order chi connectivity index (χ0) is 23.8. The highest BCUT2D eigenvalue weighted by Crippen LogP contribution is 2.38. The molecule has 0 saturated heterocycles. The van der Waals surface area contributed by atoms with E-state index >= 15 is 0 Å². The number of halogens is 2. The van der Waals surface area contributed by atoms with Gasteiger partial charge in [0.1, 0.15) is 11.5 Å². The van der Waals surface area contributed by atoms with Crippen molar-refractivity contribution in [3.63, 3.8) is 0 Å². The van der Waals surface area contributed by atoms with Gasteiger partial charge >= 0.3 is 0 Å². The van der Waals surface area contributed by atoms with Crippen molar-refractivity contribution in [3.8, 4) is 22.6 Å². The molecule has 8 heteroatoms. The quantitative estimate of drug-likeness (QED) is 0.383. The lowest BCUT2D eigenvalue weighted by molar-refractivity contribution is 0.0765. The molecule has 3 aromatic carbocycles. The van der Waals surface area contributed by atoms with Crippen LogP contribution in [0.3, 0.4) is 0 Å². The summed E-state index contributed by atoms with van der Waals surface area (Å²) < 4.78 is 34.5. The van der Waals surface area contributed by atoms with Crippen LogP contribution < -0.4 is 10.5 Å². The van der Waals surface area contributed by atoms with E-state index in [0.29, 0.717) is 18.7 Å². The van der Waals surface area contributed by atoms with Gasteiger partial charge in [-0.2, -0.15) is 5.10 Å². The van der Waals surface area contributed by atoms with Crippen LogP contribution >= 0.6 is 0 Å². The summed E-state index contributed by atoms with van der Waals surface area (Å²) >= 11 is 0. The molecule has 2 N–H and O–H groups in total. The predicted molar refractivity (Wildman–Crippen MR) is 125 cm³/mol. The zero-order valence-electron chi connectivity index (χ0n) is 18.4. The Morgan fingerprint density at radius 2 is 1.85 bits per heavy atom. The summed E-state index contributed by atoms with van der Waals surface area (Å²) in [5.74, 6) is 0.0365. The van der Waals surface area contributed by atoms with Gasteiger partial charge in [0.25, 0.3) is 12.3 Å². The molecule has 2 heterocycles. The number of aryl methyl sites for hydroxylation is 1. The van der Waals surface area contributed by atoms with Crippen LogP contribution in [-0.2, 0) is 20.1 Å². The largest absolute Gasteiger partial charge is 0.456 e. The van der Waals surface area contributed by atoms with E-state index in [-0.39, 0.29) is 28.7 Å². The van der Waals surface area contributed by atoms with Gasteiger partial charge in [0.15, 0.2) is 0 Å². The second kappa shape index (κ2) is 8.62. The number of amides is 1. The van der Waals surface area contributed by atoms with Crippen molar-refractivity contribution in [2.75, 3.05) is 5.73 Å². The van der Waals surface area contributed by atoms with Crippen molar-refractivity contribution in [3.05, 3.63) is 95.3 Å². The van der Waals surface area contributed by atoms with Gasteiger partial charge in [-0.25, -0.2) is 8.78 Å². The Bertz CT molecular complexity index is 1370. The molecule has 4 aromatic rings. The lowest BCUT2D eigenvalue weighted by atomic mass is 10.1. The van der Waals surface area contributed by atoms with Crippen LogP contribution in [0.25, 0.3) is 11.1 Å². The molecule has 1 aliphatic heterocycles. The van der Waals surface area contributed by atoms with Crippen molar-refractivity contribution >= 4 is 11.6 Å². The van der Waals surface area contributed by atoms with Crippen LogP contribution in [0, 0.1) is 0 Å². The third kappa shape index (κ3) is 4.10. The predicted octanol–water partition coefficient (Wildman–Crippen LogP) is 5.56. The zero-order valence-corrected chi connectivity index (χ0v) is 18.4. The number of aromatic nitrogens is 2. The highest BCUT2D eigenvalue weighted by atomic mass is 19.3. The molecule has 0 fully saturated rings. The first-order valence-corrected chi connectivity index (χ1v) is 10.7. The summed E-state index contributed by atoms with van der Waals surface area (Å²) in [6.07, 6.45) is 0.993. The fourth-order valence-corrected chi connectivity index (χ4v) is 4.14. The molecule has 172 valence electrons. The van der Waals surface area contributed by atoms with Gasteiger partial charge in [0.2, 0.25) is 0 Å². The van der Waals surface area contributed by atoms with Gasteiger partial charge in [0.05, 0.1) is 17.3 Å². The Morgan fingerprint density at radius 3 is 2.56 bits per heavy atom. The van der Waals surface area contributed by atoms with Crippen LogP contribution in [0.2, 0.25) is 0 Å². The molecule has 0 unspecified atom stereocenters. The monoisotopic (exact) mass is 460 g/mol. The molecule has 0 bridgehead atoms. The van der Waals surface area contributed by atoms with Crippen LogP contribution in [0.4, 0.5) is 14.5 Å². The van der Waals surface area contributed by atoms with Gasteiger partial charge in [-0.3, -0.25) is 9.48 Å². The number of fused-ring (bicyclic) bond motifs is 1. The van der Waals surface area contributed by atoms with E-state index in [9.17, 15) is 13.6 Å². The Balaban J connectivity index is 1.36. The Kier molecular flexibility index (Phi) is 5.49. The third-order valence-corrected chi connectivity index (χ3v) is 5.83. The summed E-state index contributed by atoms with van der Waals surface area (Å²) in [5.41, 5.74) is 9.79. The number of rotatable bonds is 6. The van der Waals surface area contributed by atoms with E-state index < -0.39 is 6.43 Å². The van der Waals surface area contributed by atoms with E-state index in [2.05, 4.69) is 5.10 Å². The summed E-state index contributed by atoms with van der Waals surface area (Å²) in [7, 11) is 1.87. The molecule has 0 saturated carbocycles. The number of hydrogen-bond acceptors (Lipinski definition) is 4. The molecule has 0 atom stereocenters. The lowest BCUT2D eigenvalue weighted by Crippen LogP contribution is -2.23. The maximum Gasteiger partial charge on any atom is 0.267 e. The number of nitrogens with zero attached hydrogens (tertiary/aromatic N) is 3. The second-order valence-corrected chi connectivity index (χ2v) is 8.25. The van der Waals surface area contributed by atoms with E-state index in [1.54, 1.807) is 27.9 Å². The van der Waals surface area contributed by atoms with E-state index in [0.717, 1.165) is 22.3 Å². The van der Waals surface area contributed by atoms with Crippen LogP contribution in [-0.4, -0.2) is 20.6 Å². The van der Waals surface area contributed by atoms with Crippen LogP contribution in [0.5, 0.6) is 11.5 Å². The first-order valence-electron chi connectivity index (χ1n) is 10.7. The molecule has 0 spiro atoms. The standard InChI is InChI=1S/C26H22F2N4O2/c1-31-14-19(12-30-31)17-7-5-16(6-8-17)13-32-15-18-3-2-4-23(24(18)26(32)33)34-22-10-9-20(29)11-21(22)25(27)28/h2-12,14,25H,13,15,29H2,1H3. The molecule has 1 aromatic heterocycles. The molecule has 1 aliphatic rings. The fraction of sp³-hybridized carbons (Fsp3) is 0.154. The Hall–Kier alpha value is -4.20. The Morgan fingerprint density at radius 1 is 1.06 bits per heavy atom. The minimum absolute atomic E-state index is 0.0187. The van der Waals surface area contributed by atoms with Crippen molar-refractivity contribution in [2.45, 2.75) is 19.5 Å². The third-order valence-electron chi connectivity index (χ3n) is 5.83. The van der Waals surface area contributed by atoms with Crippen LogP contribution in [0.1, 0.15) is 33.5 Å². The first-order chi connectivity index (χ1) is 16.4. The van der Waals surface area contributed by atoms with E-state index in [1.807, 2.05) is 43.6 Å². The van der Waals surface area contributed by atoms with Gasteiger partial charge in [-0.15, -0.1) is 0 Å². The first kappa shape index (κ1) is 21.6. The summed E-state index contributed by atoms with van der Waals surface area (Å²) in [6, 6.07) is 17.3. The molecule has 34 heavy (non-hydrogen) atoms. The lowest BCUT2D eigenvalue weighted by Gasteiger charge is -2.16. The molecule has 0 radical (unpaired) electrons. The number of carbonyl (C=O) groups excluding carboxylic acids is 1. The normalized spacial score (nSPS) is 12.9. The number of ether oxygens (including phenoxy) is 1. The molecule has 0 aliphatic carbocycles. The van der Waals surface area contributed by atoms with Gasteiger partial charge in [0, 0.05) is 37.6 Å². The van der Waals surface area contributed by atoms with Crippen molar-refractivity contribution < 1.29 is 18.3 Å². The highest BCUT2D eigenvalue weighted by Gasteiger charge is 2.31. The fourth-order valence-electron chi connectivity index (χ4n) is 4.14. The number of nitrogen functional groups attached to an aromatic ring is 1. The average molecular weight is 460 g/mol. The van der Waals surface area contributed by atoms with E-state index in [4.69, 9.17) is 10.5 Å². The number of nitrogens with two attached hydrogens (primary N) is 1. The minimum Gasteiger partial charge on any atom is -0.456 e. The molecular weight excluding hydrogens is 438 g/mol. The van der Waals surface area contributed by atoms with E-state index in [1.165, 1.54) is 18.2 Å². The van der Waals surface area contributed by atoms with Crippen molar-refractivity contribution in [2.24, 2.45) is 7.05 Å². The number of benzene rings is 3. The molecule has 5 rings (SSSR count). The minimum atomic E-state index is -2.75. The van der Waals surface area contributed by atoms with Crippen LogP contribution in [0.15, 0.2) is 73.1 Å². The summed E-state index contributed by atoms with van der Waals surface area (Å²) in [4.78, 5) is 15.0. The number of anilines is 1. The average Bonchev–Trinajstić information content (AvgIpc) is 3.39. The summed E-state index contributed by atoms with van der Waals surface area (Å²) in [5, 5.41) is 4.19. The highest BCUT2D eigenvalue weighted by molar-refractivity contribution is 6.01. The SMILES string of the molecule is Cn1cc(-c2ccc(CN3Cc4cccc(Oc5ccc(N)cc5C(F)F)c4C3=O)cc2)cn1. The molecule has 6 nitrogen and oxygen atoms in total. The molecular formula is C26H22F2N4O2. The second-order valence-electron chi connectivity index (χ2n) is 8.25. The topological polar surface area (TPSA) is 73.4 Å². The number of hydrogen-bond donors (Lipinski definition) is 1.